The van der Waals surface area contributed by atoms with Gasteiger partial charge in [-0.15, -0.1) is 11.3 Å². The van der Waals surface area contributed by atoms with Crippen molar-refractivity contribution in [1.29, 1.82) is 0 Å². The molecular formula is C26H26N2O4S. The second-order valence-corrected chi connectivity index (χ2v) is 9.16. The van der Waals surface area contributed by atoms with Crippen LogP contribution in [0, 0.1) is 23.7 Å². The average Bonchev–Trinajstić information content (AvgIpc) is 3.35. The molecule has 2 atom stereocenters. The number of carboxylic acids is 1. The Balaban J connectivity index is 1.39. The van der Waals surface area contributed by atoms with Gasteiger partial charge >= 0.3 is 5.97 Å². The molecule has 1 aromatic carbocycles. The van der Waals surface area contributed by atoms with Crippen LogP contribution in [0.4, 0.5) is 0 Å². The summed E-state index contributed by atoms with van der Waals surface area (Å²) in [5, 5.41) is 12.6. The maximum absolute atomic E-state index is 13.1. The number of nitrogens with zero attached hydrogens (tertiary/aromatic N) is 2. The maximum Gasteiger partial charge on any atom is 0.308 e. The first kappa shape index (κ1) is 23.0. The zero-order chi connectivity index (χ0) is 23.2. The number of carbonyl (C=O) groups excluding carboxylic acids is 1. The van der Waals surface area contributed by atoms with Gasteiger partial charge in [0, 0.05) is 30.1 Å². The lowest BCUT2D eigenvalue weighted by molar-refractivity contribution is -0.146. The lowest BCUT2D eigenvalue weighted by Crippen LogP contribution is -2.44. The highest BCUT2D eigenvalue weighted by molar-refractivity contribution is 7.10. The van der Waals surface area contributed by atoms with Gasteiger partial charge in [-0.3, -0.25) is 19.5 Å². The monoisotopic (exact) mass is 462 g/mol. The second-order valence-electron chi connectivity index (χ2n) is 8.21. The van der Waals surface area contributed by atoms with Crippen molar-refractivity contribution in [3.8, 4) is 17.6 Å². The molecule has 6 nitrogen and oxygen atoms in total. The number of carbonyl (C=O) groups is 2. The topological polar surface area (TPSA) is 79.7 Å². The lowest BCUT2D eigenvalue weighted by Gasteiger charge is -2.35. The van der Waals surface area contributed by atoms with Crippen molar-refractivity contribution in [3.05, 3.63) is 58.4 Å². The number of carboxylic acid groups (broad SMARTS) is 1. The summed E-state index contributed by atoms with van der Waals surface area (Å²) in [6, 6.07) is 11.2. The molecule has 1 aliphatic rings. The Morgan fingerprint density at radius 1 is 1.30 bits per heavy atom. The highest BCUT2D eigenvalue weighted by atomic mass is 32.1. The van der Waals surface area contributed by atoms with E-state index in [1.165, 1.54) is 0 Å². The van der Waals surface area contributed by atoms with Crippen LogP contribution in [0.1, 0.15) is 34.5 Å². The van der Waals surface area contributed by atoms with E-state index in [9.17, 15) is 14.7 Å². The molecule has 0 bridgehead atoms. The zero-order valence-corrected chi connectivity index (χ0v) is 19.3. The van der Waals surface area contributed by atoms with Crippen LogP contribution in [0.3, 0.4) is 0 Å². The molecule has 4 rings (SSSR count). The number of ether oxygens (including phenoxy) is 1. The van der Waals surface area contributed by atoms with Crippen LogP contribution >= 0.6 is 11.3 Å². The molecule has 1 aliphatic heterocycles. The first-order valence-corrected chi connectivity index (χ1v) is 11.9. The van der Waals surface area contributed by atoms with Crippen molar-refractivity contribution in [3.63, 3.8) is 0 Å². The Hall–Kier alpha value is -3.21. The minimum absolute atomic E-state index is 0.00374. The van der Waals surface area contributed by atoms with E-state index in [-0.39, 0.29) is 11.7 Å². The summed E-state index contributed by atoms with van der Waals surface area (Å²) in [5.74, 6) is 5.63. The highest BCUT2D eigenvalue weighted by Crippen LogP contribution is 2.30. The smallest absolute Gasteiger partial charge is 0.308 e. The Bertz CT molecular complexity index is 1200. The van der Waals surface area contributed by atoms with Crippen molar-refractivity contribution in [1.82, 2.24) is 9.88 Å². The summed E-state index contributed by atoms with van der Waals surface area (Å²) >= 11 is 1.60. The number of piperidine rings is 1. The maximum atomic E-state index is 13.1. The lowest BCUT2D eigenvalue weighted by atomic mass is 9.81. The van der Waals surface area contributed by atoms with Crippen LogP contribution in [0.25, 0.3) is 10.9 Å². The molecule has 1 saturated heterocycles. The third-order valence-electron chi connectivity index (χ3n) is 6.18. The number of aliphatic carboxylic acids is 1. The Morgan fingerprint density at radius 3 is 2.94 bits per heavy atom. The van der Waals surface area contributed by atoms with Crippen molar-refractivity contribution >= 4 is 34.0 Å². The molecule has 170 valence electrons. The van der Waals surface area contributed by atoms with E-state index >= 15 is 0 Å². The fourth-order valence-electron chi connectivity index (χ4n) is 4.37. The van der Waals surface area contributed by atoms with Gasteiger partial charge in [0.25, 0.3) is 0 Å². The number of rotatable bonds is 7. The van der Waals surface area contributed by atoms with Gasteiger partial charge in [0.15, 0.2) is 5.78 Å². The standard InChI is InChI=1S/C26H26N2O4S/c1-32-19-7-8-24-22(16-19)21(10-12-27-24)25(29)9-6-18-11-14-28(17-23(18)26(30)31)13-2-4-20-5-3-15-33-20/h3,5,7-8,10,12,15-16,18,23H,6,9,11,13-14,17H2,1H3,(H,30,31). The first-order chi connectivity index (χ1) is 16.0. The van der Waals surface area contributed by atoms with Crippen LogP contribution < -0.4 is 4.74 Å². The zero-order valence-electron chi connectivity index (χ0n) is 18.5. The van der Waals surface area contributed by atoms with Crippen LogP contribution in [-0.2, 0) is 4.79 Å². The Morgan fingerprint density at radius 2 is 2.18 bits per heavy atom. The van der Waals surface area contributed by atoms with Crippen molar-refractivity contribution < 1.29 is 19.4 Å². The Kier molecular flexibility index (Phi) is 7.38. The van der Waals surface area contributed by atoms with E-state index < -0.39 is 11.9 Å². The van der Waals surface area contributed by atoms with Gasteiger partial charge in [-0.05, 0) is 61.0 Å². The number of benzene rings is 1. The highest BCUT2D eigenvalue weighted by Gasteiger charge is 2.34. The van der Waals surface area contributed by atoms with E-state index in [0.29, 0.717) is 37.2 Å². The molecule has 2 aromatic heterocycles. The van der Waals surface area contributed by atoms with Gasteiger partial charge in [0.1, 0.15) is 5.75 Å². The number of hydrogen-bond acceptors (Lipinski definition) is 6. The van der Waals surface area contributed by atoms with E-state index in [1.54, 1.807) is 30.7 Å². The SMILES string of the molecule is COc1ccc2nccc(C(=O)CCC3CCN(CC#Cc4cccs4)CC3C(=O)O)c2c1. The van der Waals surface area contributed by atoms with E-state index in [2.05, 4.69) is 21.7 Å². The van der Waals surface area contributed by atoms with Crippen LogP contribution in [0.2, 0.25) is 0 Å². The summed E-state index contributed by atoms with van der Waals surface area (Å²) < 4.78 is 5.29. The number of thiophene rings is 1. The van der Waals surface area contributed by atoms with Crippen LogP contribution in [0.5, 0.6) is 5.75 Å². The summed E-state index contributed by atoms with van der Waals surface area (Å²) in [6.45, 7) is 1.80. The molecule has 0 aliphatic carbocycles. The third kappa shape index (κ3) is 5.59. The molecule has 7 heteroatoms. The van der Waals surface area contributed by atoms with E-state index in [1.807, 2.05) is 35.7 Å². The first-order valence-electron chi connectivity index (χ1n) is 11.0. The molecule has 3 aromatic rings. The number of pyridine rings is 1. The molecule has 1 fully saturated rings. The minimum atomic E-state index is -0.803. The average molecular weight is 463 g/mol. The van der Waals surface area contributed by atoms with Gasteiger partial charge in [-0.1, -0.05) is 17.9 Å². The number of likely N-dealkylation sites (tertiary alicyclic amines) is 1. The normalized spacial score (nSPS) is 18.5. The minimum Gasteiger partial charge on any atom is -0.497 e. The molecule has 0 amide bonds. The largest absolute Gasteiger partial charge is 0.497 e. The van der Waals surface area contributed by atoms with Gasteiger partial charge < -0.3 is 9.84 Å². The molecule has 0 saturated carbocycles. The number of methoxy groups -OCH3 is 1. The van der Waals surface area contributed by atoms with Gasteiger partial charge in [0.2, 0.25) is 0 Å². The molecule has 1 N–H and O–H groups in total. The third-order valence-corrected chi connectivity index (χ3v) is 6.97. The quantitative estimate of drug-likeness (QED) is 0.416. The fraction of sp³-hybridized carbons (Fsp3) is 0.346. The van der Waals surface area contributed by atoms with E-state index in [4.69, 9.17) is 4.74 Å². The number of aromatic nitrogens is 1. The molecule has 0 spiro atoms. The predicted molar refractivity (Wildman–Crippen MR) is 129 cm³/mol. The number of fused-ring (bicyclic) bond motifs is 1. The number of Topliss-reactive ketones (excluding diaryl/α,β-unsaturated/α-hetero) is 1. The fourth-order valence-corrected chi connectivity index (χ4v) is 4.96. The second kappa shape index (κ2) is 10.6. The summed E-state index contributed by atoms with van der Waals surface area (Å²) in [5.41, 5.74) is 1.34. The molecule has 3 heterocycles. The predicted octanol–water partition coefficient (Wildman–Crippen LogP) is 4.34. The van der Waals surface area contributed by atoms with Crippen LogP contribution in [-0.4, -0.2) is 53.5 Å². The molecule has 0 radical (unpaired) electrons. The number of hydrogen-bond donors (Lipinski definition) is 1. The van der Waals surface area contributed by atoms with E-state index in [0.717, 1.165) is 28.7 Å². The van der Waals surface area contributed by atoms with Gasteiger partial charge in [-0.25, -0.2) is 0 Å². The molecule has 33 heavy (non-hydrogen) atoms. The summed E-state index contributed by atoms with van der Waals surface area (Å²) in [6.07, 6.45) is 3.24. The Labute approximate surface area is 197 Å². The molecule has 2 unspecified atom stereocenters. The van der Waals surface area contributed by atoms with Crippen molar-refractivity contribution in [2.24, 2.45) is 11.8 Å². The number of ketones is 1. The van der Waals surface area contributed by atoms with Gasteiger partial charge in [-0.2, -0.15) is 0 Å². The molecular weight excluding hydrogens is 436 g/mol. The van der Waals surface area contributed by atoms with Gasteiger partial charge in [0.05, 0.1) is 30.0 Å². The van der Waals surface area contributed by atoms with Crippen LogP contribution in [0.15, 0.2) is 48.0 Å². The summed E-state index contributed by atoms with van der Waals surface area (Å²) in [7, 11) is 1.59. The van der Waals surface area contributed by atoms with Crippen molar-refractivity contribution in [2.75, 3.05) is 26.7 Å². The summed E-state index contributed by atoms with van der Waals surface area (Å²) in [4.78, 5) is 32.5. The van der Waals surface area contributed by atoms with Crippen molar-refractivity contribution in [2.45, 2.75) is 19.3 Å².